The van der Waals surface area contributed by atoms with Crippen LogP contribution in [0.1, 0.15) is 0 Å². The largest absolute Gasteiger partial charge is 0.397 e. The zero-order chi connectivity index (χ0) is 7.09. The minimum Gasteiger partial charge on any atom is -0.397 e. The van der Waals surface area contributed by atoms with E-state index in [0.717, 1.165) is 15.9 Å². The lowest BCUT2D eigenvalue weighted by atomic mass is 10.3. The number of hydrogen-bond acceptors (Lipinski definition) is 3. The Morgan fingerprint density at radius 3 is 2.30 bits per heavy atom. The fraction of sp³-hybridized carbons (Fsp3) is 0. The minimum absolute atomic E-state index is 0.549. The molecule has 2 bridgehead atoms. The Hall–Kier alpha value is -0.950. The van der Waals surface area contributed by atoms with Gasteiger partial charge in [0.25, 0.3) is 0 Å². The molecule has 50 valence electrons. The maximum atomic E-state index is 11.4. The zero-order valence-corrected chi connectivity index (χ0v) is 5.98. The van der Waals surface area contributed by atoms with Crippen LogP contribution in [0, 0.1) is 0 Å². The van der Waals surface area contributed by atoms with Crippen molar-refractivity contribution in [3.8, 4) is 0 Å². The zero-order valence-electron chi connectivity index (χ0n) is 5.09. The molecular formula is C6H5N2OP. The highest BCUT2D eigenvalue weighted by Gasteiger charge is 2.67. The Kier molecular flexibility index (Phi) is 0.434. The Morgan fingerprint density at radius 1 is 1.30 bits per heavy atom. The summed E-state index contributed by atoms with van der Waals surface area (Å²) in [6.07, 6.45) is 0. The maximum Gasteiger partial charge on any atom is 0.176 e. The van der Waals surface area contributed by atoms with E-state index in [2.05, 4.69) is 0 Å². The quantitative estimate of drug-likeness (QED) is 0.324. The summed E-state index contributed by atoms with van der Waals surface area (Å²) in [5.74, 6) is 0. The van der Waals surface area contributed by atoms with Crippen LogP contribution >= 0.6 is 7.14 Å². The Labute approximate surface area is 57.4 Å². The highest BCUT2D eigenvalue weighted by molar-refractivity contribution is 8.06. The van der Waals surface area contributed by atoms with Gasteiger partial charge in [-0.1, -0.05) is 0 Å². The van der Waals surface area contributed by atoms with E-state index < -0.39 is 7.14 Å². The average molecular weight is 152 g/mol. The van der Waals surface area contributed by atoms with Crippen molar-refractivity contribution < 1.29 is 4.57 Å². The SMILES string of the molecule is Nc1cc2c3c(c1N)P23=O. The molecule has 1 aromatic carbocycles. The summed E-state index contributed by atoms with van der Waals surface area (Å²) in [5, 5.41) is 2.84. The molecule has 0 saturated carbocycles. The van der Waals surface area contributed by atoms with Crippen molar-refractivity contribution in [3.63, 3.8) is 0 Å². The summed E-state index contributed by atoms with van der Waals surface area (Å²) in [5.41, 5.74) is 12.2. The lowest BCUT2D eigenvalue weighted by molar-refractivity contribution is 0.598. The molecule has 0 aliphatic carbocycles. The number of benzene rings is 1. The third-order valence-corrected chi connectivity index (χ3v) is 4.97. The van der Waals surface area contributed by atoms with Gasteiger partial charge >= 0.3 is 0 Å². The lowest BCUT2D eigenvalue weighted by Gasteiger charge is -2.01. The van der Waals surface area contributed by atoms with Crippen LogP contribution in [0.3, 0.4) is 0 Å². The first kappa shape index (κ1) is 4.80. The smallest absolute Gasteiger partial charge is 0.176 e. The second-order valence-corrected chi connectivity index (χ2v) is 5.30. The molecule has 4 N–H and O–H groups in total. The van der Waals surface area contributed by atoms with Gasteiger partial charge in [0.2, 0.25) is 0 Å². The number of anilines is 2. The first-order valence-electron chi connectivity index (χ1n) is 3.01. The second kappa shape index (κ2) is 0.903. The summed E-state index contributed by atoms with van der Waals surface area (Å²) in [6, 6.07) is 1.73. The summed E-state index contributed by atoms with van der Waals surface area (Å²) in [4.78, 5) is 0. The number of fused-ring (bicyclic) bond motifs is 2. The van der Waals surface area contributed by atoms with Gasteiger partial charge in [-0.15, -0.1) is 0 Å². The molecule has 10 heavy (non-hydrogen) atoms. The van der Waals surface area contributed by atoms with Crippen molar-refractivity contribution in [2.75, 3.05) is 11.5 Å². The van der Waals surface area contributed by atoms with Crippen molar-refractivity contribution in [2.45, 2.75) is 0 Å². The van der Waals surface area contributed by atoms with Crippen LogP contribution in [-0.4, -0.2) is 0 Å². The number of rotatable bonds is 0. The van der Waals surface area contributed by atoms with E-state index in [4.69, 9.17) is 11.5 Å². The standard InChI is InChI=1S/C6H5N2OP/c7-2-1-3-5-6(4(2)8)10(3,5)9/h1H,7-8H2. The normalized spacial score (nSPS) is 29.6. The monoisotopic (exact) mass is 152 g/mol. The van der Waals surface area contributed by atoms with Crippen LogP contribution in [0.25, 0.3) is 0 Å². The van der Waals surface area contributed by atoms with E-state index in [0.29, 0.717) is 11.4 Å². The fourth-order valence-corrected chi connectivity index (χ4v) is 4.27. The third-order valence-electron chi connectivity index (χ3n) is 2.19. The molecule has 0 fully saturated rings. The Balaban J connectivity index is 2.51. The van der Waals surface area contributed by atoms with Crippen LogP contribution in [0.15, 0.2) is 6.07 Å². The first-order chi connectivity index (χ1) is 4.67. The van der Waals surface area contributed by atoms with Crippen LogP contribution < -0.4 is 27.4 Å². The van der Waals surface area contributed by atoms with Gasteiger partial charge in [-0.05, 0) is 6.07 Å². The molecule has 1 aromatic rings. The highest BCUT2D eigenvalue weighted by Crippen LogP contribution is 2.68. The minimum atomic E-state index is -2.00. The molecule has 3 nitrogen and oxygen atoms in total. The van der Waals surface area contributed by atoms with Gasteiger partial charge in [0.15, 0.2) is 7.14 Å². The molecule has 1 atom stereocenters. The maximum absolute atomic E-state index is 11.4. The van der Waals surface area contributed by atoms with Crippen molar-refractivity contribution in [1.82, 2.24) is 0 Å². The molecule has 3 aliphatic rings. The van der Waals surface area contributed by atoms with Crippen LogP contribution in [0.4, 0.5) is 11.4 Å². The van der Waals surface area contributed by atoms with E-state index in [1.165, 1.54) is 0 Å². The van der Waals surface area contributed by atoms with Gasteiger partial charge in [-0.25, -0.2) is 0 Å². The fourth-order valence-electron chi connectivity index (χ4n) is 1.49. The highest BCUT2D eigenvalue weighted by atomic mass is 31.2. The van der Waals surface area contributed by atoms with E-state index in [1.54, 1.807) is 6.07 Å². The topological polar surface area (TPSA) is 69.1 Å². The predicted octanol–water partition coefficient (Wildman–Crippen LogP) is -0.883. The molecule has 0 amide bonds. The molecule has 0 spiro atoms. The van der Waals surface area contributed by atoms with Crippen molar-refractivity contribution in [2.24, 2.45) is 0 Å². The Morgan fingerprint density at radius 2 is 1.90 bits per heavy atom. The van der Waals surface area contributed by atoms with E-state index in [9.17, 15) is 4.57 Å². The summed E-state index contributed by atoms with van der Waals surface area (Å²) >= 11 is 0. The molecular weight excluding hydrogens is 147 g/mol. The molecule has 0 radical (unpaired) electrons. The van der Waals surface area contributed by atoms with Crippen LogP contribution in [0.5, 0.6) is 0 Å². The molecule has 3 aliphatic heterocycles. The van der Waals surface area contributed by atoms with Gasteiger partial charge in [0, 0.05) is 10.6 Å². The Bertz CT molecular complexity index is 415. The summed E-state index contributed by atoms with van der Waals surface area (Å²) in [6.45, 7) is 0. The van der Waals surface area contributed by atoms with E-state index >= 15 is 0 Å². The van der Waals surface area contributed by atoms with Gasteiger partial charge in [-0.3, -0.25) is 0 Å². The van der Waals surface area contributed by atoms with Gasteiger partial charge < -0.3 is 16.0 Å². The molecule has 4 heteroatoms. The van der Waals surface area contributed by atoms with E-state index in [-0.39, 0.29) is 0 Å². The van der Waals surface area contributed by atoms with E-state index in [1.807, 2.05) is 0 Å². The molecule has 4 rings (SSSR count). The van der Waals surface area contributed by atoms with Crippen molar-refractivity contribution in [1.29, 1.82) is 0 Å². The summed E-state index contributed by atoms with van der Waals surface area (Å²) in [7, 11) is -2.00. The number of nitrogen functional groups attached to an aromatic ring is 2. The number of nitrogens with two attached hydrogens (primary N) is 2. The van der Waals surface area contributed by atoms with Crippen molar-refractivity contribution in [3.05, 3.63) is 6.07 Å². The molecule has 3 heterocycles. The number of hydrogen-bond donors (Lipinski definition) is 2. The van der Waals surface area contributed by atoms with Crippen molar-refractivity contribution >= 4 is 34.4 Å². The molecule has 1 unspecified atom stereocenters. The lowest BCUT2D eigenvalue weighted by Crippen LogP contribution is -2.15. The van der Waals surface area contributed by atoms with Gasteiger partial charge in [0.05, 0.1) is 16.7 Å². The third kappa shape index (κ3) is 0.236. The van der Waals surface area contributed by atoms with Gasteiger partial charge in [0.1, 0.15) is 0 Å². The molecule has 0 saturated heterocycles. The average Bonchev–Trinajstić information content (AvgIpc) is 2.65. The second-order valence-electron chi connectivity index (χ2n) is 2.71. The van der Waals surface area contributed by atoms with Crippen LogP contribution in [0.2, 0.25) is 0 Å². The first-order valence-corrected chi connectivity index (χ1v) is 4.71. The van der Waals surface area contributed by atoms with Crippen LogP contribution in [-0.2, 0) is 4.57 Å². The van der Waals surface area contributed by atoms with Gasteiger partial charge in [-0.2, -0.15) is 0 Å². The summed E-state index contributed by atoms with van der Waals surface area (Å²) < 4.78 is 11.4. The molecule has 0 aromatic heterocycles. The predicted molar refractivity (Wildman–Crippen MR) is 41.8 cm³/mol.